The third-order valence-corrected chi connectivity index (χ3v) is 2.92. The molecule has 1 atom stereocenters. The number of alkyl halides is 3. The predicted molar refractivity (Wildman–Crippen MR) is 56.9 cm³/mol. The third kappa shape index (κ3) is 3.90. The van der Waals surface area contributed by atoms with Crippen LogP contribution in [0, 0.1) is 0 Å². The van der Waals surface area contributed by atoms with Crippen LogP contribution in [0.5, 0.6) is 0 Å². The lowest BCUT2D eigenvalue weighted by atomic mass is 10.3. The number of hydrazine groups is 1. The molecule has 0 fully saturated rings. The van der Waals surface area contributed by atoms with E-state index in [4.69, 9.17) is 5.84 Å². The molecule has 0 saturated heterocycles. The smallest absolute Gasteiger partial charge is 0.293 e. The molecule has 94 valence electrons. The zero-order valence-corrected chi connectivity index (χ0v) is 9.60. The largest absolute Gasteiger partial charge is 0.417 e. The fraction of sp³-hybridized carbons (Fsp3) is 0.333. The molecule has 1 heterocycles. The fourth-order valence-electron chi connectivity index (χ4n) is 0.970. The number of carbonyl (C=O) groups excluding carboxylic acids is 1. The average Bonchev–Trinajstić information content (AvgIpc) is 2.27. The van der Waals surface area contributed by atoms with Gasteiger partial charge in [-0.1, -0.05) is 11.8 Å². The summed E-state index contributed by atoms with van der Waals surface area (Å²) in [5, 5.41) is -0.196. The number of hydrogen-bond acceptors (Lipinski definition) is 4. The summed E-state index contributed by atoms with van der Waals surface area (Å²) in [6.07, 6.45) is -3.67. The lowest BCUT2D eigenvalue weighted by Gasteiger charge is -2.09. The molecule has 1 aromatic heterocycles. The maximum atomic E-state index is 12.2. The van der Waals surface area contributed by atoms with Crippen LogP contribution in [-0.4, -0.2) is 16.1 Å². The Morgan fingerprint density at radius 3 is 2.59 bits per heavy atom. The Morgan fingerprint density at radius 2 is 2.18 bits per heavy atom. The minimum Gasteiger partial charge on any atom is -0.293 e. The van der Waals surface area contributed by atoms with Crippen LogP contribution in [0.25, 0.3) is 0 Å². The Balaban J connectivity index is 2.72. The van der Waals surface area contributed by atoms with Crippen LogP contribution < -0.4 is 11.3 Å². The van der Waals surface area contributed by atoms with E-state index in [0.717, 1.165) is 24.0 Å². The van der Waals surface area contributed by atoms with Crippen molar-refractivity contribution in [2.75, 3.05) is 0 Å². The number of amides is 1. The van der Waals surface area contributed by atoms with E-state index in [2.05, 4.69) is 4.98 Å². The van der Waals surface area contributed by atoms with Gasteiger partial charge in [-0.3, -0.25) is 10.2 Å². The quantitative estimate of drug-likeness (QED) is 0.377. The summed E-state index contributed by atoms with van der Waals surface area (Å²) in [5.41, 5.74) is 1.13. The molecule has 17 heavy (non-hydrogen) atoms. The van der Waals surface area contributed by atoms with E-state index >= 15 is 0 Å². The molecule has 1 amide bonds. The van der Waals surface area contributed by atoms with Gasteiger partial charge >= 0.3 is 6.18 Å². The molecule has 0 spiro atoms. The first-order valence-corrected chi connectivity index (χ1v) is 5.43. The van der Waals surface area contributed by atoms with Crippen molar-refractivity contribution < 1.29 is 18.0 Å². The molecule has 0 radical (unpaired) electrons. The highest BCUT2D eigenvalue weighted by Crippen LogP contribution is 2.30. The zero-order chi connectivity index (χ0) is 13.1. The number of nitrogens with zero attached hydrogens (tertiary/aromatic N) is 1. The van der Waals surface area contributed by atoms with Gasteiger partial charge in [0, 0.05) is 6.20 Å². The van der Waals surface area contributed by atoms with E-state index in [0.29, 0.717) is 5.03 Å². The number of rotatable bonds is 3. The highest BCUT2D eigenvalue weighted by Gasteiger charge is 2.30. The number of carbonyl (C=O) groups is 1. The van der Waals surface area contributed by atoms with Gasteiger partial charge in [-0.2, -0.15) is 13.2 Å². The summed E-state index contributed by atoms with van der Waals surface area (Å²) in [7, 11) is 0. The first-order chi connectivity index (χ1) is 7.84. The Labute approximate surface area is 99.8 Å². The number of nitrogens with one attached hydrogen (secondary N) is 1. The highest BCUT2D eigenvalue weighted by molar-refractivity contribution is 8.00. The van der Waals surface area contributed by atoms with Crippen molar-refractivity contribution in [3.63, 3.8) is 0 Å². The van der Waals surface area contributed by atoms with Crippen molar-refractivity contribution in [2.45, 2.75) is 23.4 Å². The van der Waals surface area contributed by atoms with Gasteiger partial charge in [-0.15, -0.1) is 0 Å². The molecule has 4 nitrogen and oxygen atoms in total. The molecule has 3 N–H and O–H groups in total. The number of aromatic nitrogens is 1. The van der Waals surface area contributed by atoms with Crippen LogP contribution in [0.3, 0.4) is 0 Å². The Morgan fingerprint density at radius 1 is 1.53 bits per heavy atom. The van der Waals surface area contributed by atoms with Crippen molar-refractivity contribution >= 4 is 17.7 Å². The van der Waals surface area contributed by atoms with Gasteiger partial charge in [0.2, 0.25) is 5.91 Å². The minimum atomic E-state index is -4.41. The van der Waals surface area contributed by atoms with Gasteiger partial charge in [0.25, 0.3) is 0 Å². The molecular weight excluding hydrogens is 255 g/mol. The van der Waals surface area contributed by atoms with Crippen LogP contribution in [0.15, 0.2) is 23.4 Å². The van der Waals surface area contributed by atoms with Crippen molar-refractivity contribution in [1.29, 1.82) is 0 Å². The van der Waals surface area contributed by atoms with E-state index in [9.17, 15) is 18.0 Å². The number of halogens is 3. The number of nitrogens with two attached hydrogens (primary N) is 1. The topological polar surface area (TPSA) is 68.0 Å². The van der Waals surface area contributed by atoms with Crippen LogP contribution in [0.4, 0.5) is 13.2 Å². The summed E-state index contributed by atoms with van der Waals surface area (Å²) in [6, 6.07) is 2.14. The summed E-state index contributed by atoms with van der Waals surface area (Å²) in [5.74, 6) is 4.51. The highest BCUT2D eigenvalue weighted by atomic mass is 32.2. The molecule has 8 heteroatoms. The van der Waals surface area contributed by atoms with E-state index in [1.165, 1.54) is 6.07 Å². The van der Waals surface area contributed by atoms with E-state index < -0.39 is 22.9 Å². The molecule has 1 unspecified atom stereocenters. The Bertz CT molecular complexity index is 393. The molecule has 0 saturated carbocycles. The van der Waals surface area contributed by atoms with Gasteiger partial charge in [0.05, 0.1) is 15.8 Å². The monoisotopic (exact) mass is 265 g/mol. The van der Waals surface area contributed by atoms with Crippen molar-refractivity contribution in [3.8, 4) is 0 Å². The minimum absolute atomic E-state index is 0.328. The van der Waals surface area contributed by atoms with Gasteiger partial charge in [-0.05, 0) is 19.1 Å². The van der Waals surface area contributed by atoms with Gasteiger partial charge in [0.1, 0.15) is 0 Å². The van der Waals surface area contributed by atoms with Crippen molar-refractivity contribution in [1.82, 2.24) is 10.4 Å². The zero-order valence-electron chi connectivity index (χ0n) is 8.78. The standard InChI is InChI=1S/C9H10F3N3OS/c1-5(8(16)15-13)17-7-3-2-6(4-14-7)9(10,11)12/h2-5H,13H2,1H3,(H,15,16). The van der Waals surface area contributed by atoms with Gasteiger partial charge in [-0.25, -0.2) is 10.8 Å². The Kier molecular flexibility index (Phi) is 4.35. The lowest BCUT2D eigenvalue weighted by molar-refractivity contribution is -0.137. The van der Waals surface area contributed by atoms with E-state index in [1.807, 2.05) is 5.43 Å². The Hall–Kier alpha value is -1.28. The van der Waals surface area contributed by atoms with Gasteiger partial charge < -0.3 is 0 Å². The fourth-order valence-corrected chi connectivity index (χ4v) is 1.77. The van der Waals surface area contributed by atoms with Crippen LogP contribution in [0.1, 0.15) is 12.5 Å². The molecule has 0 aliphatic rings. The third-order valence-electron chi connectivity index (χ3n) is 1.87. The van der Waals surface area contributed by atoms with Crippen LogP contribution >= 0.6 is 11.8 Å². The molecule has 1 aromatic rings. The lowest BCUT2D eigenvalue weighted by Crippen LogP contribution is -2.36. The van der Waals surface area contributed by atoms with Crippen LogP contribution in [-0.2, 0) is 11.0 Å². The van der Waals surface area contributed by atoms with Crippen molar-refractivity contribution in [3.05, 3.63) is 23.9 Å². The molecule has 0 bridgehead atoms. The molecule has 1 rings (SSSR count). The van der Waals surface area contributed by atoms with Crippen LogP contribution in [0.2, 0.25) is 0 Å². The summed E-state index contributed by atoms with van der Waals surface area (Å²) >= 11 is 1.03. The second-order valence-corrected chi connectivity index (χ2v) is 4.51. The van der Waals surface area contributed by atoms with E-state index in [1.54, 1.807) is 6.92 Å². The molecule has 0 aromatic carbocycles. The maximum Gasteiger partial charge on any atom is 0.417 e. The van der Waals surface area contributed by atoms with Crippen molar-refractivity contribution in [2.24, 2.45) is 5.84 Å². The number of hydrogen-bond donors (Lipinski definition) is 2. The predicted octanol–water partition coefficient (Wildman–Crippen LogP) is 1.57. The molecule has 0 aliphatic carbocycles. The molecule has 0 aliphatic heterocycles. The SMILES string of the molecule is CC(Sc1ccc(C(F)(F)F)cn1)C(=O)NN. The normalized spacial score (nSPS) is 13.2. The summed E-state index contributed by atoms with van der Waals surface area (Å²) in [6.45, 7) is 1.58. The second-order valence-electron chi connectivity index (χ2n) is 3.15. The first kappa shape index (κ1) is 13.8. The molecular formula is C9H10F3N3OS. The summed E-state index contributed by atoms with van der Waals surface area (Å²) < 4.78 is 36.7. The number of thioether (sulfide) groups is 1. The number of pyridine rings is 1. The second kappa shape index (κ2) is 5.37. The maximum absolute atomic E-state index is 12.2. The first-order valence-electron chi connectivity index (χ1n) is 4.55. The summed E-state index contributed by atoms with van der Waals surface area (Å²) in [4.78, 5) is 14.7. The van der Waals surface area contributed by atoms with E-state index in [-0.39, 0.29) is 0 Å². The average molecular weight is 265 g/mol. The van der Waals surface area contributed by atoms with Gasteiger partial charge in [0.15, 0.2) is 0 Å².